The molecule has 5 nitrogen and oxygen atoms in total. The molecule has 0 aliphatic rings. The maximum atomic E-state index is 4.94. The highest BCUT2D eigenvalue weighted by atomic mass is 32.2. The minimum Gasteiger partial charge on any atom is -0.293 e. The summed E-state index contributed by atoms with van der Waals surface area (Å²) in [6.07, 6.45) is 2.10. The molecule has 0 N–H and O–H groups in total. The molecule has 6 aromatic rings. The van der Waals surface area contributed by atoms with Gasteiger partial charge in [0.1, 0.15) is 0 Å². The van der Waals surface area contributed by atoms with Gasteiger partial charge >= 0.3 is 0 Å². The average molecular weight is 494 g/mol. The lowest BCUT2D eigenvalue weighted by atomic mass is 10.1. The minimum absolute atomic E-state index is 0.722. The molecule has 7 heteroatoms. The first-order valence-corrected chi connectivity index (χ1v) is 13.3. The van der Waals surface area contributed by atoms with Crippen molar-refractivity contribution in [2.75, 3.05) is 0 Å². The molecule has 3 aromatic heterocycles. The van der Waals surface area contributed by atoms with Crippen LogP contribution in [-0.2, 0) is 5.75 Å². The van der Waals surface area contributed by atoms with E-state index in [0.717, 1.165) is 49.9 Å². The van der Waals surface area contributed by atoms with Crippen molar-refractivity contribution in [1.29, 1.82) is 0 Å². The number of rotatable bonds is 6. The zero-order chi connectivity index (χ0) is 23.8. The van der Waals surface area contributed by atoms with Gasteiger partial charge in [0.15, 0.2) is 15.9 Å². The third-order valence-corrected chi connectivity index (χ3v) is 7.86. The van der Waals surface area contributed by atoms with Crippen LogP contribution in [0.5, 0.6) is 0 Å². The summed E-state index contributed by atoms with van der Waals surface area (Å²) in [6, 6.07) is 27.1. The molecule has 0 unspecified atom stereocenters. The van der Waals surface area contributed by atoms with Crippen LogP contribution in [-0.4, -0.2) is 24.1 Å². The van der Waals surface area contributed by atoms with E-state index in [1.54, 1.807) is 23.1 Å². The fourth-order valence-corrected chi connectivity index (χ4v) is 5.86. The highest BCUT2D eigenvalue weighted by Crippen LogP contribution is 2.34. The van der Waals surface area contributed by atoms with Gasteiger partial charge in [0.2, 0.25) is 0 Å². The molecule has 6 rings (SSSR count). The number of benzene rings is 3. The highest BCUT2D eigenvalue weighted by molar-refractivity contribution is 7.98. The molecule has 35 heavy (non-hydrogen) atoms. The van der Waals surface area contributed by atoms with Gasteiger partial charge in [0.25, 0.3) is 0 Å². The van der Waals surface area contributed by atoms with E-state index in [1.165, 1.54) is 11.1 Å². The van der Waals surface area contributed by atoms with Crippen LogP contribution in [0.3, 0.4) is 0 Å². The number of hydrogen-bond acceptors (Lipinski definition) is 5. The van der Waals surface area contributed by atoms with E-state index in [0.29, 0.717) is 0 Å². The van der Waals surface area contributed by atoms with Crippen LogP contribution in [0.2, 0.25) is 0 Å². The number of aryl methyl sites for hydroxylation is 2. The molecular formula is C28H23N5S2. The van der Waals surface area contributed by atoms with Crippen molar-refractivity contribution in [3.8, 4) is 28.3 Å². The van der Waals surface area contributed by atoms with Crippen molar-refractivity contribution in [1.82, 2.24) is 24.1 Å². The van der Waals surface area contributed by atoms with Crippen molar-refractivity contribution in [3.05, 3.63) is 107 Å². The third kappa shape index (κ3) is 4.07. The quantitative estimate of drug-likeness (QED) is 0.230. The van der Waals surface area contributed by atoms with E-state index in [2.05, 4.69) is 99.2 Å². The summed E-state index contributed by atoms with van der Waals surface area (Å²) in [7, 11) is 0. The van der Waals surface area contributed by atoms with Crippen LogP contribution >= 0.6 is 23.1 Å². The van der Waals surface area contributed by atoms with Crippen LogP contribution in [0.1, 0.15) is 16.8 Å². The molecule has 0 fully saturated rings. The lowest BCUT2D eigenvalue weighted by molar-refractivity contribution is 0.883. The largest absolute Gasteiger partial charge is 0.293 e. The van der Waals surface area contributed by atoms with Crippen molar-refractivity contribution in [3.63, 3.8) is 0 Å². The second-order valence-corrected chi connectivity index (χ2v) is 10.2. The van der Waals surface area contributed by atoms with Crippen LogP contribution < -0.4 is 0 Å². The maximum Gasteiger partial charge on any atom is 0.196 e. The Balaban J connectivity index is 1.43. The normalized spacial score (nSPS) is 11.4. The Labute approximate surface area is 212 Å². The summed E-state index contributed by atoms with van der Waals surface area (Å²) in [5.41, 5.74) is 7.92. The first-order valence-electron chi connectivity index (χ1n) is 11.4. The van der Waals surface area contributed by atoms with E-state index >= 15 is 0 Å². The number of hydrogen-bond donors (Lipinski definition) is 0. The summed E-state index contributed by atoms with van der Waals surface area (Å²) in [4.78, 5) is 5.94. The van der Waals surface area contributed by atoms with Gasteiger partial charge in [0, 0.05) is 28.5 Å². The average Bonchev–Trinajstić information content (AvgIpc) is 3.61. The van der Waals surface area contributed by atoms with Crippen LogP contribution in [0, 0.1) is 13.8 Å². The predicted octanol–water partition coefficient (Wildman–Crippen LogP) is 7.22. The number of fused-ring (bicyclic) bond motifs is 1. The number of imidazole rings is 1. The Kier molecular flexibility index (Phi) is 5.72. The summed E-state index contributed by atoms with van der Waals surface area (Å²) < 4.78 is 4.36. The van der Waals surface area contributed by atoms with Gasteiger partial charge in [0.05, 0.1) is 17.1 Å². The Bertz CT molecular complexity index is 1610. The minimum atomic E-state index is 0.722. The third-order valence-electron chi connectivity index (χ3n) is 6.16. The monoisotopic (exact) mass is 493 g/mol. The fourth-order valence-electron chi connectivity index (χ4n) is 4.17. The van der Waals surface area contributed by atoms with Crippen LogP contribution in [0.15, 0.2) is 95.6 Å². The van der Waals surface area contributed by atoms with Crippen molar-refractivity contribution < 1.29 is 0 Å². The van der Waals surface area contributed by atoms with Gasteiger partial charge in [-0.1, -0.05) is 78.5 Å². The summed E-state index contributed by atoms with van der Waals surface area (Å²) in [5, 5.41) is 12.2. The molecule has 0 amide bonds. The van der Waals surface area contributed by atoms with E-state index < -0.39 is 0 Å². The number of thiazole rings is 1. The van der Waals surface area contributed by atoms with Crippen molar-refractivity contribution in [2.24, 2.45) is 0 Å². The first-order chi connectivity index (χ1) is 17.2. The Hall–Kier alpha value is -3.68. The molecule has 0 aliphatic carbocycles. The van der Waals surface area contributed by atoms with Gasteiger partial charge in [-0.3, -0.25) is 8.97 Å². The fraction of sp³-hybridized carbons (Fsp3) is 0.107. The molecule has 3 aromatic carbocycles. The smallest absolute Gasteiger partial charge is 0.196 e. The van der Waals surface area contributed by atoms with E-state index in [4.69, 9.17) is 4.98 Å². The number of thioether (sulfide) groups is 1. The lowest BCUT2D eigenvalue weighted by Gasteiger charge is -2.12. The Morgan fingerprint density at radius 3 is 2.31 bits per heavy atom. The maximum absolute atomic E-state index is 4.94. The van der Waals surface area contributed by atoms with E-state index in [9.17, 15) is 0 Å². The van der Waals surface area contributed by atoms with Gasteiger partial charge < -0.3 is 0 Å². The van der Waals surface area contributed by atoms with Gasteiger partial charge in [-0.25, -0.2) is 4.98 Å². The molecule has 0 bridgehead atoms. The molecule has 0 aliphatic heterocycles. The molecule has 0 radical (unpaired) electrons. The van der Waals surface area contributed by atoms with Gasteiger partial charge in [-0.2, -0.15) is 0 Å². The van der Waals surface area contributed by atoms with Gasteiger partial charge in [-0.05, 0) is 37.1 Å². The predicted molar refractivity (Wildman–Crippen MR) is 144 cm³/mol. The summed E-state index contributed by atoms with van der Waals surface area (Å²) in [6.45, 7) is 4.28. The molecule has 0 atom stereocenters. The van der Waals surface area contributed by atoms with Crippen LogP contribution in [0.4, 0.5) is 0 Å². The Morgan fingerprint density at radius 2 is 1.57 bits per heavy atom. The van der Waals surface area contributed by atoms with Crippen molar-refractivity contribution in [2.45, 2.75) is 24.8 Å². The molecule has 0 saturated carbocycles. The molecule has 0 spiro atoms. The van der Waals surface area contributed by atoms with Gasteiger partial charge in [-0.15, -0.1) is 21.5 Å². The van der Waals surface area contributed by atoms with Crippen molar-refractivity contribution >= 4 is 28.1 Å². The molecular weight excluding hydrogens is 470 g/mol. The zero-order valence-electron chi connectivity index (χ0n) is 19.4. The summed E-state index contributed by atoms with van der Waals surface area (Å²) in [5.74, 6) is 1.56. The highest BCUT2D eigenvalue weighted by Gasteiger charge is 2.20. The SMILES string of the molecule is Cc1ccc(-n2c(SCc3c(-c4ccccc4)nc4sccn34)nnc2-c2ccccc2)cc1C. The number of aromatic nitrogens is 5. The topological polar surface area (TPSA) is 48.0 Å². The van der Waals surface area contributed by atoms with E-state index in [1.807, 2.05) is 24.3 Å². The molecule has 172 valence electrons. The standard InChI is InChI=1S/C28H23N5S2/c1-19-13-14-23(17-20(19)2)33-26(22-11-7-4-8-12-22)30-31-28(33)35-18-24-25(21-9-5-3-6-10-21)29-27-32(24)15-16-34-27/h3-17H,18H2,1-2H3. The molecule has 0 saturated heterocycles. The zero-order valence-corrected chi connectivity index (χ0v) is 21.1. The van der Waals surface area contributed by atoms with E-state index in [-0.39, 0.29) is 0 Å². The summed E-state index contributed by atoms with van der Waals surface area (Å²) >= 11 is 3.34. The first kappa shape index (κ1) is 21.8. The second-order valence-electron chi connectivity index (χ2n) is 8.39. The number of nitrogens with zero attached hydrogens (tertiary/aromatic N) is 5. The van der Waals surface area contributed by atoms with Crippen LogP contribution in [0.25, 0.3) is 33.3 Å². The second kappa shape index (κ2) is 9.17. The Morgan fingerprint density at radius 1 is 0.829 bits per heavy atom. The molecule has 3 heterocycles. The lowest BCUT2D eigenvalue weighted by Crippen LogP contribution is -2.01.